The fourth-order valence-electron chi connectivity index (χ4n) is 4.37. The molecule has 0 aliphatic heterocycles. The van der Waals surface area contributed by atoms with Gasteiger partial charge in [-0.1, -0.05) is 26.0 Å². The highest BCUT2D eigenvalue weighted by atomic mass is 19.2. The van der Waals surface area contributed by atoms with E-state index in [4.69, 9.17) is 0 Å². The second-order valence-electron chi connectivity index (χ2n) is 8.98. The number of hydrogen-bond donors (Lipinski definition) is 2. The molecule has 0 aliphatic carbocycles. The number of hydrogen-bond acceptors (Lipinski definition) is 3. The van der Waals surface area contributed by atoms with Crippen LogP contribution < -0.4 is 0 Å². The molecule has 0 aliphatic rings. The van der Waals surface area contributed by atoms with E-state index in [9.17, 15) is 33.4 Å². The number of halogens is 3. The smallest absolute Gasteiger partial charge is 0.335 e. The first-order valence-electron chi connectivity index (χ1n) is 10.7. The molecule has 0 radical (unpaired) electrons. The molecule has 0 saturated heterocycles. The van der Waals surface area contributed by atoms with Gasteiger partial charge in [-0.05, 0) is 42.8 Å². The summed E-state index contributed by atoms with van der Waals surface area (Å²) in [6, 6.07) is 12.5. The quantitative estimate of drug-likeness (QED) is 0.338. The number of benzene rings is 3. The number of carboxylic acids is 1. The summed E-state index contributed by atoms with van der Waals surface area (Å²) in [7, 11) is 0. The van der Waals surface area contributed by atoms with E-state index in [-0.39, 0.29) is 39.9 Å². The Balaban J connectivity index is 2.24. The molecule has 2 N–H and O–H groups in total. The van der Waals surface area contributed by atoms with E-state index >= 15 is 0 Å². The van der Waals surface area contributed by atoms with Gasteiger partial charge in [0.15, 0.2) is 11.6 Å². The van der Waals surface area contributed by atoms with Crippen LogP contribution in [0.3, 0.4) is 0 Å². The van der Waals surface area contributed by atoms with Crippen molar-refractivity contribution in [2.24, 2.45) is 0 Å². The predicted octanol–water partition coefficient (Wildman–Crippen LogP) is 6.62. The van der Waals surface area contributed by atoms with Crippen LogP contribution in [0.2, 0.25) is 0 Å². The van der Waals surface area contributed by atoms with Crippen molar-refractivity contribution in [3.8, 4) is 28.6 Å². The van der Waals surface area contributed by atoms with Crippen molar-refractivity contribution in [3.05, 3.63) is 82.8 Å². The minimum Gasteiger partial charge on any atom is -0.507 e. The average molecular weight is 478 g/mol. The maximum Gasteiger partial charge on any atom is 0.335 e. The van der Waals surface area contributed by atoms with Gasteiger partial charge in [-0.15, -0.1) is 0 Å². The van der Waals surface area contributed by atoms with Gasteiger partial charge in [-0.2, -0.15) is 5.26 Å². The summed E-state index contributed by atoms with van der Waals surface area (Å²) in [5, 5.41) is 30.1. The molecule has 0 spiro atoms. The first-order valence-corrected chi connectivity index (χ1v) is 10.7. The fourth-order valence-corrected chi connectivity index (χ4v) is 4.37. The van der Waals surface area contributed by atoms with Crippen molar-refractivity contribution >= 4 is 16.9 Å². The highest BCUT2D eigenvalue weighted by Gasteiger charge is 2.34. The van der Waals surface area contributed by atoms with Gasteiger partial charge in [0.2, 0.25) is 0 Å². The number of aromatic nitrogens is 1. The third kappa shape index (κ3) is 3.89. The van der Waals surface area contributed by atoms with Crippen molar-refractivity contribution in [1.82, 2.24) is 4.57 Å². The number of rotatable bonds is 5. The molecule has 0 amide bonds. The Morgan fingerprint density at radius 1 is 1.03 bits per heavy atom. The third-order valence-electron chi connectivity index (χ3n) is 6.17. The number of aromatic carboxylic acids is 1. The van der Waals surface area contributed by atoms with Crippen LogP contribution in [0.15, 0.2) is 48.5 Å². The highest BCUT2D eigenvalue weighted by molar-refractivity contribution is 6.04. The fraction of sp³-hybridized carbons (Fsp3) is 0.185. The van der Waals surface area contributed by atoms with Crippen LogP contribution in [0.4, 0.5) is 13.2 Å². The summed E-state index contributed by atoms with van der Waals surface area (Å²) in [4.78, 5) is 11.4. The minimum absolute atomic E-state index is 0.00650. The average Bonchev–Trinajstić information content (AvgIpc) is 3.15. The molecule has 5 nitrogen and oxygen atoms in total. The Bertz CT molecular complexity index is 1530. The van der Waals surface area contributed by atoms with Crippen LogP contribution in [-0.4, -0.2) is 20.7 Å². The van der Waals surface area contributed by atoms with Crippen molar-refractivity contribution in [3.63, 3.8) is 0 Å². The van der Waals surface area contributed by atoms with E-state index < -0.39 is 28.8 Å². The maximum absolute atomic E-state index is 14.9. The lowest BCUT2D eigenvalue weighted by molar-refractivity contribution is 0.0697. The lowest BCUT2D eigenvalue weighted by Crippen LogP contribution is -2.22. The van der Waals surface area contributed by atoms with Crippen LogP contribution in [0.5, 0.6) is 5.75 Å². The molecular weight excluding hydrogens is 457 g/mol. The molecule has 8 heteroatoms. The molecule has 178 valence electrons. The molecular formula is C27H21F3N2O3. The number of fused-ring (bicyclic) bond motifs is 1. The van der Waals surface area contributed by atoms with E-state index in [2.05, 4.69) is 6.07 Å². The summed E-state index contributed by atoms with van der Waals surface area (Å²) in [5.41, 5.74) is 0.877. The summed E-state index contributed by atoms with van der Waals surface area (Å²) >= 11 is 0. The third-order valence-corrected chi connectivity index (χ3v) is 6.17. The standard InChI is InChI=1S/C27H21F3N2O3/c1-14-19(29)13-21-23(24(14)33)22(15-4-6-16(7-5-15)26(34)35)25(27(2,3)10-11-31)32(21)17-8-9-18(28)20(30)12-17/h4-9,12-13,33H,10H2,1-3H3,(H,34,35). The zero-order valence-electron chi connectivity index (χ0n) is 19.2. The molecule has 3 aromatic carbocycles. The predicted molar refractivity (Wildman–Crippen MR) is 125 cm³/mol. The van der Waals surface area contributed by atoms with Crippen LogP contribution in [-0.2, 0) is 5.41 Å². The molecule has 1 heterocycles. The molecule has 0 bridgehead atoms. The molecule has 0 unspecified atom stereocenters. The number of nitrogens with zero attached hydrogens (tertiary/aromatic N) is 2. The molecule has 4 aromatic rings. The Kier molecular flexibility index (Phi) is 5.81. The van der Waals surface area contributed by atoms with Crippen LogP contribution in [0.1, 0.15) is 41.9 Å². The molecule has 35 heavy (non-hydrogen) atoms. The number of phenolic OH excluding ortho intramolecular Hbond substituents is 1. The lowest BCUT2D eigenvalue weighted by atomic mass is 9.81. The van der Waals surface area contributed by atoms with Crippen LogP contribution >= 0.6 is 0 Å². The molecule has 1 aromatic heterocycles. The number of carbonyl (C=O) groups is 1. The molecule has 0 atom stereocenters. The van der Waals surface area contributed by atoms with Gasteiger partial charge in [-0.3, -0.25) is 0 Å². The summed E-state index contributed by atoms with van der Waals surface area (Å²) in [6.45, 7) is 4.96. The van der Waals surface area contributed by atoms with Crippen LogP contribution in [0.25, 0.3) is 27.7 Å². The number of carboxylic acid groups (broad SMARTS) is 1. The van der Waals surface area contributed by atoms with Crippen molar-refractivity contribution in [2.75, 3.05) is 0 Å². The Labute approximate surface area is 199 Å². The Hall–Kier alpha value is -4.25. The van der Waals surface area contributed by atoms with Crippen molar-refractivity contribution in [1.29, 1.82) is 5.26 Å². The first kappa shape index (κ1) is 23.9. The summed E-state index contributed by atoms with van der Waals surface area (Å²) in [6.07, 6.45) is 0.00936. The number of nitriles is 1. The van der Waals surface area contributed by atoms with Gasteiger partial charge < -0.3 is 14.8 Å². The topological polar surface area (TPSA) is 86.2 Å². The van der Waals surface area contributed by atoms with Gasteiger partial charge in [0.25, 0.3) is 0 Å². The molecule has 0 fully saturated rings. The van der Waals surface area contributed by atoms with Gasteiger partial charge in [0, 0.05) is 40.4 Å². The molecule has 4 rings (SSSR count). The van der Waals surface area contributed by atoms with Crippen molar-refractivity contribution < 1.29 is 28.2 Å². The SMILES string of the molecule is Cc1c(F)cc2c(c1O)c(-c1ccc(C(=O)O)cc1)c(C(C)(C)CC#N)n2-c1ccc(F)c(F)c1. The highest BCUT2D eigenvalue weighted by Crippen LogP contribution is 2.48. The summed E-state index contributed by atoms with van der Waals surface area (Å²) in [5.74, 6) is -4.33. The Morgan fingerprint density at radius 2 is 1.69 bits per heavy atom. The van der Waals surface area contributed by atoms with E-state index in [1.165, 1.54) is 35.8 Å². The second-order valence-corrected chi connectivity index (χ2v) is 8.98. The number of phenols is 1. The van der Waals surface area contributed by atoms with E-state index in [1.54, 1.807) is 26.0 Å². The summed E-state index contributed by atoms with van der Waals surface area (Å²) < 4.78 is 44.4. The lowest BCUT2D eigenvalue weighted by Gasteiger charge is -2.26. The second kappa shape index (κ2) is 8.51. The van der Waals surface area contributed by atoms with Gasteiger partial charge in [-0.25, -0.2) is 18.0 Å². The zero-order chi connectivity index (χ0) is 25.7. The van der Waals surface area contributed by atoms with Crippen LogP contribution in [0, 0.1) is 35.7 Å². The maximum atomic E-state index is 14.9. The van der Waals surface area contributed by atoms with Gasteiger partial charge in [0.05, 0.1) is 22.5 Å². The largest absolute Gasteiger partial charge is 0.507 e. The van der Waals surface area contributed by atoms with Crippen molar-refractivity contribution in [2.45, 2.75) is 32.6 Å². The van der Waals surface area contributed by atoms with Gasteiger partial charge >= 0.3 is 5.97 Å². The normalized spacial score (nSPS) is 11.6. The van der Waals surface area contributed by atoms with E-state index in [0.29, 0.717) is 16.8 Å². The number of aromatic hydroxyl groups is 1. The molecule has 0 saturated carbocycles. The van der Waals surface area contributed by atoms with Gasteiger partial charge in [0.1, 0.15) is 11.6 Å². The first-order chi connectivity index (χ1) is 16.5. The van der Waals surface area contributed by atoms with E-state index in [0.717, 1.165) is 12.1 Å². The van der Waals surface area contributed by atoms with E-state index in [1.807, 2.05) is 0 Å². The zero-order valence-corrected chi connectivity index (χ0v) is 19.2. The minimum atomic E-state index is -1.12. The Morgan fingerprint density at radius 3 is 2.26 bits per heavy atom. The monoisotopic (exact) mass is 478 g/mol.